The molecule has 1 aromatic heterocycles. The van der Waals surface area contributed by atoms with Gasteiger partial charge in [-0.3, -0.25) is 0 Å². The normalized spacial score (nSPS) is 11.7. The molecule has 2 aromatic rings. The Morgan fingerprint density at radius 1 is 1.35 bits per heavy atom. The highest BCUT2D eigenvalue weighted by Crippen LogP contribution is 2.24. The summed E-state index contributed by atoms with van der Waals surface area (Å²) >= 11 is 1.59. The lowest BCUT2D eigenvalue weighted by molar-refractivity contribution is 0.195. The summed E-state index contributed by atoms with van der Waals surface area (Å²) < 4.78 is 28.1. The number of ether oxygens (including phenoxy) is 1. The van der Waals surface area contributed by atoms with E-state index in [4.69, 9.17) is 4.74 Å². The molecule has 0 aliphatic rings. The van der Waals surface area contributed by atoms with Gasteiger partial charge in [-0.2, -0.15) is 0 Å². The Kier molecular flexibility index (Phi) is 4.91. The fourth-order valence-corrected chi connectivity index (χ4v) is 3.33. The zero-order valence-electron chi connectivity index (χ0n) is 11.5. The lowest BCUT2D eigenvalue weighted by Gasteiger charge is -2.01. The molecule has 0 atom stereocenters. The summed E-state index contributed by atoms with van der Waals surface area (Å²) in [5.74, 6) is 0. The molecule has 0 saturated heterocycles. The van der Waals surface area contributed by atoms with Gasteiger partial charge in [0.25, 0.3) is 0 Å². The molecule has 1 aromatic carbocycles. The van der Waals surface area contributed by atoms with Crippen LogP contribution in [0.4, 0.5) is 0 Å². The van der Waals surface area contributed by atoms with Gasteiger partial charge in [-0.05, 0) is 18.6 Å². The molecule has 1 heterocycles. The molecule has 6 heteroatoms. The van der Waals surface area contributed by atoms with Gasteiger partial charge in [0.05, 0.1) is 15.6 Å². The Labute approximate surface area is 123 Å². The van der Waals surface area contributed by atoms with Crippen molar-refractivity contribution in [1.82, 2.24) is 4.98 Å². The van der Waals surface area contributed by atoms with E-state index < -0.39 is 9.84 Å². The molecule has 0 N–H and O–H groups in total. The molecular formula is C14H17NO3S2. The molecular weight excluding hydrogens is 294 g/mol. The first kappa shape index (κ1) is 15.2. The number of thiazole rings is 1. The third-order valence-electron chi connectivity index (χ3n) is 2.85. The van der Waals surface area contributed by atoms with Crippen LogP contribution in [0.2, 0.25) is 0 Å². The number of hydrogen-bond acceptors (Lipinski definition) is 5. The Morgan fingerprint density at radius 2 is 2.15 bits per heavy atom. The molecule has 0 spiro atoms. The predicted octanol–water partition coefficient (Wildman–Crippen LogP) is 2.79. The number of sulfone groups is 1. The molecule has 108 valence electrons. The van der Waals surface area contributed by atoms with Crippen LogP contribution in [0.3, 0.4) is 0 Å². The zero-order chi connectivity index (χ0) is 14.6. The van der Waals surface area contributed by atoms with Crippen molar-refractivity contribution in [2.75, 3.05) is 20.0 Å². The fourth-order valence-electron chi connectivity index (χ4n) is 1.81. The SMILES string of the molecule is COCCCc1nc(-c2cccc(S(C)(=O)=O)c2)cs1. The lowest BCUT2D eigenvalue weighted by Crippen LogP contribution is -1.97. The first-order valence-corrected chi connectivity index (χ1v) is 9.01. The van der Waals surface area contributed by atoms with Crippen molar-refractivity contribution >= 4 is 21.2 Å². The van der Waals surface area contributed by atoms with E-state index in [0.717, 1.165) is 35.7 Å². The van der Waals surface area contributed by atoms with Crippen LogP contribution < -0.4 is 0 Å². The Balaban J connectivity index is 2.20. The van der Waals surface area contributed by atoms with E-state index in [1.807, 2.05) is 11.4 Å². The summed E-state index contributed by atoms with van der Waals surface area (Å²) in [5.41, 5.74) is 1.66. The molecule has 4 nitrogen and oxygen atoms in total. The minimum absolute atomic E-state index is 0.323. The summed E-state index contributed by atoms with van der Waals surface area (Å²) in [5, 5.41) is 3.01. The fraction of sp³-hybridized carbons (Fsp3) is 0.357. The van der Waals surface area contributed by atoms with Crippen LogP contribution in [0.15, 0.2) is 34.5 Å². The lowest BCUT2D eigenvalue weighted by atomic mass is 10.2. The van der Waals surface area contributed by atoms with E-state index in [1.54, 1.807) is 36.6 Å². The van der Waals surface area contributed by atoms with Crippen LogP contribution >= 0.6 is 11.3 Å². The van der Waals surface area contributed by atoms with Crippen LogP contribution in [-0.4, -0.2) is 33.4 Å². The minimum Gasteiger partial charge on any atom is -0.385 e. The zero-order valence-corrected chi connectivity index (χ0v) is 13.1. The maximum Gasteiger partial charge on any atom is 0.175 e. The largest absolute Gasteiger partial charge is 0.385 e. The number of rotatable bonds is 6. The van der Waals surface area contributed by atoms with E-state index in [0.29, 0.717) is 4.90 Å². The molecule has 0 fully saturated rings. The molecule has 0 bridgehead atoms. The average molecular weight is 311 g/mol. The van der Waals surface area contributed by atoms with E-state index in [-0.39, 0.29) is 0 Å². The van der Waals surface area contributed by atoms with Crippen LogP contribution in [0.25, 0.3) is 11.3 Å². The second kappa shape index (κ2) is 6.47. The molecule has 0 radical (unpaired) electrons. The molecule has 2 rings (SSSR count). The number of nitrogens with zero attached hydrogens (tertiary/aromatic N) is 1. The topological polar surface area (TPSA) is 56.3 Å². The van der Waals surface area contributed by atoms with Gasteiger partial charge in [0.2, 0.25) is 0 Å². The number of methoxy groups -OCH3 is 1. The standard InChI is InChI=1S/C14H17NO3S2/c1-18-8-4-7-14-15-13(10-19-14)11-5-3-6-12(9-11)20(2,16)17/h3,5-6,9-10H,4,7-8H2,1-2H3. The van der Waals surface area contributed by atoms with Crippen molar-refractivity contribution in [2.24, 2.45) is 0 Å². The molecule has 20 heavy (non-hydrogen) atoms. The monoisotopic (exact) mass is 311 g/mol. The van der Waals surface area contributed by atoms with Crippen molar-refractivity contribution in [2.45, 2.75) is 17.7 Å². The Bertz CT molecular complexity index is 677. The second-order valence-electron chi connectivity index (χ2n) is 4.52. The molecule has 0 aliphatic carbocycles. The van der Waals surface area contributed by atoms with Gasteiger partial charge in [0, 0.05) is 37.3 Å². The van der Waals surface area contributed by atoms with E-state index in [9.17, 15) is 8.42 Å². The summed E-state index contributed by atoms with van der Waals surface area (Å²) in [6.45, 7) is 0.721. The van der Waals surface area contributed by atoms with Crippen LogP contribution in [-0.2, 0) is 21.0 Å². The highest BCUT2D eigenvalue weighted by molar-refractivity contribution is 7.90. The molecule has 0 aliphatic heterocycles. The quantitative estimate of drug-likeness (QED) is 0.770. The molecule has 0 amide bonds. The minimum atomic E-state index is -3.18. The van der Waals surface area contributed by atoms with Gasteiger partial charge >= 0.3 is 0 Å². The summed E-state index contributed by atoms with van der Waals surface area (Å²) in [6.07, 6.45) is 3.03. The van der Waals surface area contributed by atoms with Gasteiger partial charge in [0.1, 0.15) is 0 Å². The number of benzene rings is 1. The highest BCUT2D eigenvalue weighted by atomic mass is 32.2. The predicted molar refractivity (Wildman–Crippen MR) is 80.9 cm³/mol. The van der Waals surface area contributed by atoms with Crippen LogP contribution in [0, 0.1) is 0 Å². The van der Waals surface area contributed by atoms with Crippen molar-refractivity contribution in [3.63, 3.8) is 0 Å². The van der Waals surface area contributed by atoms with Gasteiger partial charge in [0.15, 0.2) is 9.84 Å². The van der Waals surface area contributed by atoms with E-state index in [2.05, 4.69) is 4.98 Å². The van der Waals surface area contributed by atoms with E-state index in [1.165, 1.54) is 6.26 Å². The van der Waals surface area contributed by atoms with Gasteiger partial charge < -0.3 is 4.74 Å². The number of aromatic nitrogens is 1. The van der Waals surface area contributed by atoms with Crippen molar-refractivity contribution < 1.29 is 13.2 Å². The summed E-state index contributed by atoms with van der Waals surface area (Å²) in [7, 11) is -1.50. The maximum absolute atomic E-state index is 11.6. The molecule has 0 saturated carbocycles. The van der Waals surface area contributed by atoms with Crippen molar-refractivity contribution in [3.8, 4) is 11.3 Å². The number of hydrogen-bond donors (Lipinski definition) is 0. The number of aryl methyl sites for hydroxylation is 1. The van der Waals surface area contributed by atoms with Crippen LogP contribution in [0.5, 0.6) is 0 Å². The van der Waals surface area contributed by atoms with Gasteiger partial charge in [-0.1, -0.05) is 12.1 Å². The van der Waals surface area contributed by atoms with Crippen molar-refractivity contribution in [3.05, 3.63) is 34.7 Å². The Morgan fingerprint density at radius 3 is 2.85 bits per heavy atom. The van der Waals surface area contributed by atoms with Gasteiger partial charge in [-0.25, -0.2) is 13.4 Å². The average Bonchev–Trinajstić information content (AvgIpc) is 2.87. The second-order valence-corrected chi connectivity index (χ2v) is 7.48. The summed E-state index contributed by atoms with van der Waals surface area (Å²) in [6, 6.07) is 6.90. The van der Waals surface area contributed by atoms with E-state index >= 15 is 0 Å². The maximum atomic E-state index is 11.6. The van der Waals surface area contributed by atoms with Gasteiger partial charge in [-0.15, -0.1) is 11.3 Å². The first-order valence-electron chi connectivity index (χ1n) is 6.24. The third-order valence-corrected chi connectivity index (χ3v) is 4.87. The smallest absolute Gasteiger partial charge is 0.175 e. The van der Waals surface area contributed by atoms with Crippen LogP contribution in [0.1, 0.15) is 11.4 Å². The Hall–Kier alpha value is -1.24. The molecule has 0 unspecified atom stereocenters. The highest BCUT2D eigenvalue weighted by Gasteiger charge is 2.10. The van der Waals surface area contributed by atoms with Crippen molar-refractivity contribution in [1.29, 1.82) is 0 Å². The third kappa shape index (κ3) is 3.88. The summed E-state index contributed by atoms with van der Waals surface area (Å²) in [4.78, 5) is 4.87. The first-order chi connectivity index (χ1) is 9.50.